The number of pyridine rings is 1. The minimum absolute atomic E-state index is 0.239. The van der Waals surface area contributed by atoms with Gasteiger partial charge in [0.05, 0.1) is 0 Å². The molecule has 3 aromatic heterocycles. The minimum atomic E-state index is -0.239. The van der Waals surface area contributed by atoms with Gasteiger partial charge in [0.2, 0.25) is 0 Å². The Hall–Kier alpha value is -2.51. The lowest BCUT2D eigenvalue weighted by molar-refractivity contribution is 0.702. The van der Waals surface area contributed by atoms with Crippen LogP contribution in [0.25, 0.3) is 16.8 Å². The van der Waals surface area contributed by atoms with Crippen LogP contribution in [0.5, 0.6) is 0 Å². The van der Waals surface area contributed by atoms with E-state index in [1.165, 1.54) is 15.5 Å². The lowest BCUT2D eigenvalue weighted by Gasteiger charge is -2.15. The molecule has 0 saturated carbocycles. The topological polar surface area (TPSA) is 81.2 Å². The molecule has 0 aliphatic rings. The predicted molar refractivity (Wildman–Crippen MR) is 60.4 cm³/mol. The molecule has 0 radical (unpaired) electrons. The van der Waals surface area contributed by atoms with Crippen molar-refractivity contribution in [2.24, 2.45) is 0 Å². The number of rotatable bonds is 1. The van der Waals surface area contributed by atoms with Crippen LogP contribution in [0, 0.1) is 0 Å². The van der Waals surface area contributed by atoms with E-state index < -0.39 is 0 Å². The molecular formula is C9H9N7O. The summed E-state index contributed by atoms with van der Waals surface area (Å²) in [5, 5.41) is 13.4. The Bertz CT molecular complexity index is 757. The van der Waals surface area contributed by atoms with E-state index in [0.29, 0.717) is 11.3 Å². The Labute approximate surface area is 95.1 Å². The highest BCUT2D eigenvalue weighted by Gasteiger charge is 2.10. The average Bonchev–Trinajstić information content (AvgIpc) is 2.77. The van der Waals surface area contributed by atoms with Crippen molar-refractivity contribution >= 4 is 16.8 Å². The molecule has 0 spiro atoms. The van der Waals surface area contributed by atoms with E-state index in [0.717, 1.165) is 0 Å². The molecule has 0 bridgehead atoms. The average molecular weight is 231 g/mol. The summed E-state index contributed by atoms with van der Waals surface area (Å²) in [6, 6.07) is 1.76. The van der Waals surface area contributed by atoms with Crippen molar-refractivity contribution in [3.63, 3.8) is 0 Å². The first-order chi connectivity index (χ1) is 8.18. The third-order valence-corrected chi connectivity index (χ3v) is 2.46. The van der Waals surface area contributed by atoms with Crippen molar-refractivity contribution in [2.75, 3.05) is 19.1 Å². The Morgan fingerprint density at radius 1 is 1.29 bits per heavy atom. The fourth-order valence-electron chi connectivity index (χ4n) is 1.65. The summed E-state index contributed by atoms with van der Waals surface area (Å²) >= 11 is 0. The van der Waals surface area contributed by atoms with Gasteiger partial charge in [0, 0.05) is 20.3 Å². The van der Waals surface area contributed by atoms with Crippen molar-refractivity contribution in [3.8, 4) is 0 Å². The van der Waals surface area contributed by atoms with Crippen molar-refractivity contribution in [1.82, 2.24) is 29.5 Å². The maximum Gasteiger partial charge on any atom is 0.298 e. The van der Waals surface area contributed by atoms with Gasteiger partial charge in [-0.15, -0.1) is 10.2 Å². The Morgan fingerprint density at radius 2 is 2.12 bits per heavy atom. The summed E-state index contributed by atoms with van der Waals surface area (Å²) in [5.74, 6) is 0.375. The first-order valence-electron chi connectivity index (χ1n) is 4.94. The maximum absolute atomic E-state index is 12.1. The standard InChI is InChI=1S/C9H9N7O/c1-14(2)15-4-3-6-7(8(15)17)12-13-9-10-5-11-16(6)9/h3-5H,1-2H3. The molecule has 0 aliphatic heterocycles. The highest BCUT2D eigenvalue weighted by atomic mass is 16.1. The maximum atomic E-state index is 12.1. The monoisotopic (exact) mass is 231 g/mol. The molecule has 3 rings (SSSR count). The molecule has 86 valence electrons. The Kier molecular flexibility index (Phi) is 1.85. The van der Waals surface area contributed by atoms with E-state index in [1.54, 1.807) is 31.4 Å². The quantitative estimate of drug-likeness (QED) is 0.536. The van der Waals surface area contributed by atoms with Crippen molar-refractivity contribution < 1.29 is 0 Å². The molecule has 3 heterocycles. The number of fused-ring (bicyclic) bond motifs is 3. The molecule has 0 aromatic carbocycles. The Morgan fingerprint density at radius 3 is 2.88 bits per heavy atom. The van der Waals surface area contributed by atoms with E-state index in [2.05, 4.69) is 20.3 Å². The van der Waals surface area contributed by atoms with Gasteiger partial charge in [-0.2, -0.15) is 14.6 Å². The lowest BCUT2D eigenvalue weighted by atomic mass is 10.4. The van der Waals surface area contributed by atoms with Crippen molar-refractivity contribution in [1.29, 1.82) is 0 Å². The van der Waals surface area contributed by atoms with E-state index in [1.807, 2.05) is 0 Å². The number of hydrogen-bond donors (Lipinski definition) is 0. The number of hydrogen-bond acceptors (Lipinski definition) is 6. The van der Waals surface area contributed by atoms with Gasteiger partial charge in [-0.25, -0.2) is 4.68 Å². The molecular weight excluding hydrogens is 222 g/mol. The second-order valence-corrected chi connectivity index (χ2v) is 3.72. The third-order valence-electron chi connectivity index (χ3n) is 2.46. The highest BCUT2D eigenvalue weighted by Crippen LogP contribution is 2.05. The van der Waals surface area contributed by atoms with Gasteiger partial charge in [-0.05, 0) is 6.07 Å². The molecule has 0 aliphatic carbocycles. The van der Waals surface area contributed by atoms with E-state index in [4.69, 9.17) is 0 Å². The summed E-state index contributed by atoms with van der Waals surface area (Å²) in [5.41, 5.74) is 0.618. The van der Waals surface area contributed by atoms with Gasteiger partial charge < -0.3 is 5.01 Å². The van der Waals surface area contributed by atoms with Crippen LogP contribution in [0.15, 0.2) is 23.4 Å². The smallest absolute Gasteiger partial charge is 0.298 e. The van der Waals surface area contributed by atoms with Crippen LogP contribution in [-0.2, 0) is 0 Å². The molecule has 17 heavy (non-hydrogen) atoms. The first kappa shape index (κ1) is 9.70. The molecule has 8 heteroatoms. The summed E-state index contributed by atoms with van der Waals surface area (Å²) < 4.78 is 2.93. The first-order valence-corrected chi connectivity index (χ1v) is 4.94. The number of nitrogens with zero attached hydrogens (tertiary/aromatic N) is 7. The molecule has 0 unspecified atom stereocenters. The largest absolute Gasteiger partial charge is 0.316 e. The third kappa shape index (κ3) is 1.27. The second kappa shape index (κ2) is 3.24. The molecule has 0 atom stereocenters. The fraction of sp³-hybridized carbons (Fsp3) is 0.222. The molecule has 3 aromatic rings. The van der Waals surface area contributed by atoms with Gasteiger partial charge in [0.15, 0.2) is 5.52 Å². The molecule has 8 nitrogen and oxygen atoms in total. The highest BCUT2D eigenvalue weighted by molar-refractivity contribution is 5.74. The fourth-order valence-corrected chi connectivity index (χ4v) is 1.65. The van der Waals surface area contributed by atoms with Crippen LogP contribution in [-0.4, -0.2) is 43.6 Å². The van der Waals surface area contributed by atoms with Gasteiger partial charge in [-0.1, -0.05) is 0 Å². The van der Waals surface area contributed by atoms with Gasteiger partial charge in [0.1, 0.15) is 11.8 Å². The molecule has 0 amide bonds. The summed E-state index contributed by atoms with van der Waals surface area (Å²) in [6.45, 7) is 0. The van der Waals surface area contributed by atoms with Crippen LogP contribution in [0.3, 0.4) is 0 Å². The zero-order valence-corrected chi connectivity index (χ0v) is 9.27. The van der Waals surface area contributed by atoms with E-state index in [-0.39, 0.29) is 11.1 Å². The summed E-state index contributed by atoms with van der Waals surface area (Å²) in [7, 11) is 3.54. The van der Waals surface area contributed by atoms with Crippen LogP contribution in [0.2, 0.25) is 0 Å². The Balaban J connectivity index is 2.49. The number of aromatic nitrogens is 6. The van der Waals surface area contributed by atoms with Gasteiger partial charge in [0.25, 0.3) is 11.3 Å². The SMILES string of the molecule is CN(C)n1ccc2c(nnc3ncnn32)c1=O. The van der Waals surface area contributed by atoms with Crippen LogP contribution >= 0.6 is 0 Å². The van der Waals surface area contributed by atoms with Crippen LogP contribution < -0.4 is 10.6 Å². The van der Waals surface area contributed by atoms with Crippen molar-refractivity contribution in [3.05, 3.63) is 28.9 Å². The molecule has 0 saturated heterocycles. The van der Waals surface area contributed by atoms with E-state index >= 15 is 0 Å². The second-order valence-electron chi connectivity index (χ2n) is 3.72. The predicted octanol–water partition coefficient (Wildman–Crippen LogP) is -0.968. The molecule has 0 N–H and O–H groups in total. The molecule has 0 fully saturated rings. The summed E-state index contributed by atoms with van der Waals surface area (Å²) in [6.07, 6.45) is 3.04. The zero-order chi connectivity index (χ0) is 12.0. The van der Waals surface area contributed by atoms with Gasteiger partial charge in [-0.3, -0.25) is 4.79 Å². The zero-order valence-electron chi connectivity index (χ0n) is 9.27. The van der Waals surface area contributed by atoms with Gasteiger partial charge >= 0.3 is 0 Å². The van der Waals surface area contributed by atoms with Crippen LogP contribution in [0.1, 0.15) is 0 Å². The van der Waals surface area contributed by atoms with Crippen LogP contribution in [0.4, 0.5) is 0 Å². The van der Waals surface area contributed by atoms with Crippen molar-refractivity contribution in [2.45, 2.75) is 0 Å². The summed E-state index contributed by atoms with van der Waals surface area (Å²) in [4.78, 5) is 16.0. The van der Waals surface area contributed by atoms with E-state index in [9.17, 15) is 4.79 Å². The lowest BCUT2D eigenvalue weighted by Crippen LogP contribution is -2.36. The normalized spacial score (nSPS) is 11.2. The minimum Gasteiger partial charge on any atom is -0.316 e.